The lowest BCUT2D eigenvalue weighted by Gasteiger charge is -2.39. The molecular formula is C15H17BrClNO3. The smallest absolute Gasteiger partial charge is 0.308 e. The van der Waals surface area contributed by atoms with E-state index in [0.29, 0.717) is 18.0 Å². The van der Waals surface area contributed by atoms with E-state index in [1.807, 2.05) is 13.0 Å². The molecule has 6 heteroatoms. The van der Waals surface area contributed by atoms with Gasteiger partial charge in [0.05, 0.1) is 17.0 Å². The van der Waals surface area contributed by atoms with E-state index < -0.39 is 17.9 Å². The molecule has 0 aromatic heterocycles. The number of nitrogens with zero attached hydrogens (tertiary/aromatic N) is 1. The summed E-state index contributed by atoms with van der Waals surface area (Å²) in [6.07, 6.45) is 1.45. The van der Waals surface area contributed by atoms with Crippen molar-refractivity contribution < 1.29 is 14.7 Å². The van der Waals surface area contributed by atoms with Gasteiger partial charge in [-0.1, -0.05) is 24.6 Å². The first-order valence-corrected chi connectivity index (χ1v) is 8.10. The van der Waals surface area contributed by atoms with E-state index in [1.165, 1.54) is 0 Å². The largest absolute Gasteiger partial charge is 0.481 e. The van der Waals surface area contributed by atoms with Crippen LogP contribution in [0.3, 0.4) is 0 Å². The monoisotopic (exact) mass is 373 g/mol. The van der Waals surface area contributed by atoms with Crippen LogP contribution in [-0.4, -0.2) is 28.4 Å². The number of carboxylic acid groups (broad SMARTS) is 1. The lowest BCUT2D eigenvalue weighted by molar-refractivity contribution is -0.152. The number of benzene rings is 1. The van der Waals surface area contributed by atoms with Crippen LogP contribution in [0.1, 0.15) is 37.8 Å². The van der Waals surface area contributed by atoms with Gasteiger partial charge in [-0.3, -0.25) is 9.59 Å². The normalized spacial score (nSPS) is 22.4. The first-order chi connectivity index (χ1) is 9.95. The fourth-order valence-corrected chi connectivity index (χ4v) is 3.26. The molecule has 1 heterocycles. The maximum absolute atomic E-state index is 12.2. The van der Waals surface area contributed by atoms with E-state index in [9.17, 15) is 14.7 Å². The van der Waals surface area contributed by atoms with Crippen molar-refractivity contribution in [1.82, 2.24) is 4.90 Å². The summed E-state index contributed by atoms with van der Waals surface area (Å²) in [5.74, 6) is -1.45. The average molecular weight is 375 g/mol. The molecule has 2 rings (SSSR count). The summed E-state index contributed by atoms with van der Waals surface area (Å²) >= 11 is 9.45. The Morgan fingerprint density at radius 1 is 1.52 bits per heavy atom. The molecule has 1 N–H and O–H groups in total. The highest BCUT2D eigenvalue weighted by molar-refractivity contribution is 9.10. The fraction of sp³-hybridized carbons (Fsp3) is 0.467. The Morgan fingerprint density at radius 2 is 2.24 bits per heavy atom. The molecule has 1 saturated heterocycles. The molecule has 0 bridgehead atoms. The number of amides is 1. The van der Waals surface area contributed by atoms with Crippen LogP contribution < -0.4 is 0 Å². The lowest BCUT2D eigenvalue weighted by Crippen LogP contribution is -2.45. The molecule has 1 aromatic rings. The standard InChI is InChI=1S/C15H17BrClNO3/c1-2-7-18-13(19)6-4-10(15(20)21)14(18)9-3-5-11(16)12(17)8-9/h3,5,8,10,14H,2,4,6-7H2,1H3,(H,20,21). The SMILES string of the molecule is CCCN1C(=O)CCC(C(=O)O)C1c1ccc(Br)c(Cl)c1. The van der Waals surface area contributed by atoms with E-state index in [0.717, 1.165) is 16.5 Å². The molecule has 2 unspecified atom stereocenters. The molecule has 1 amide bonds. The summed E-state index contributed by atoms with van der Waals surface area (Å²) in [7, 11) is 0. The van der Waals surface area contributed by atoms with Gasteiger partial charge in [0, 0.05) is 17.4 Å². The van der Waals surface area contributed by atoms with Crippen LogP contribution in [0.15, 0.2) is 22.7 Å². The second kappa shape index (κ2) is 6.79. The first-order valence-electron chi connectivity index (χ1n) is 6.93. The third kappa shape index (κ3) is 3.40. The van der Waals surface area contributed by atoms with Crippen molar-refractivity contribution in [2.75, 3.05) is 6.54 Å². The second-order valence-electron chi connectivity index (χ2n) is 5.19. The van der Waals surface area contributed by atoms with Crippen LogP contribution in [-0.2, 0) is 9.59 Å². The number of carbonyl (C=O) groups is 2. The van der Waals surface area contributed by atoms with Crippen molar-refractivity contribution in [3.8, 4) is 0 Å². The van der Waals surface area contributed by atoms with Crippen molar-refractivity contribution in [2.24, 2.45) is 5.92 Å². The van der Waals surface area contributed by atoms with Gasteiger partial charge in [0.1, 0.15) is 0 Å². The Hall–Kier alpha value is -1.07. The average Bonchev–Trinajstić information content (AvgIpc) is 2.44. The molecule has 114 valence electrons. The topological polar surface area (TPSA) is 57.6 Å². The predicted octanol–water partition coefficient (Wildman–Crippen LogP) is 3.88. The Labute approximate surface area is 137 Å². The van der Waals surface area contributed by atoms with Gasteiger partial charge in [-0.15, -0.1) is 0 Å². The van der Waals surface area contributed by atoms with Gasteiger partial charge >= 0.3 is 5.97 Å². The number of piperidine rings is 1. The highest BCUT2D eigenvalue weighted by Gasteiger charge is 2.40. The van der Waals surface area contributed by atoms with Crippen molar-refractivity contribution in [3.63, 3.8) is 0 Å². The summed E-state index contributed by atoms with van der Waals surface area (Å²) in [4.78, 5) is 25.4. The summed E-state index contributed by atoms with van der Waals surface area (Å²) in [6, 6.07) is 4.92. The summed E-state index contributed by atoms with van der Waals surface area (Å²) in [5, 5.41) is 10.0. The minimum absolute atomic E-state index is 0.0124. The second-order valence-corrected chi connectivity index (χ2v) is 6.45. The van der Waals surface area contributed by atoms with Crippen LogP contribution in [0.4, 0.5) is 0 Å². The Morgan fingerprint density at radius 3 is 2.81 bits per heavy atom. The van der Waals surface area contributed by atoms with Gasteiger partial charge in [-0.05, 0) is 46.5 Å². The van der Waals surface area contributed by atoms with Crippen LogP contribution in [0, 0.1) is 5.92 Å². The zero-order valence-corrected chi connectivity index (χ0v) is 14.0. The fourth-order valence-electron chi connectivity index (χ4n) is 2.82. The zero-order chi connectivity index (χ0) is 15.6. The summed E-state index contributed by atoms with van der Waals surface area (Å²) in [5.41, 5.74) is 0.775. The van der Waals surface area contributed by atoms with Crippen LogP contribution in [0.5, 0.6) is 0 Å². The quantitative estimate of drug-likeness (QED) is 0.870. The van der Waals surface area contributed by atoms with Crippen LogP contribution >= 0.6 is 27.5 Å². The lowest BCUT2D eigenvalue weighted by atomic mass is 9.84. The van der Waals surface area contributed by atoms with Crippen molar-refractivity contribution in [3.05, 3.63) is 33.3 Å². The number of hydrogen-bond acceptors (Lipinski definition) is 2. The summed E-state index contributed by atoms with van der Waals surface area (Å²) in [6.45, 7) is 2.53. The van der Waals surface area contributed by atoms with E-state index in [1.54, 1.807) is 17.0 Å². The van der Waals surface area contributed by atoms with Crippen molar-refractivity contribution in [2.45, 2.75) is 32.2 Å². The Kier molecular flexibility index (Phi) is 5.27. The van der Waals surface area contributed by atoms with Crippen LogP contribution in [0.2, 0.25) is 5.02 Å². The number of carbonyl (C=O) groups excluding carboxylic acids is 1. The molecule has 1 aromatic carbocycles. The number of rotatable bonds is 4. The first kappa shape index (κ1) is 16.3. The Balaban J connectivity index is 2.45. The molecule has 0 radical (unpaired) electrons. The van der Waals surface area contributed by atoms with E-state index in [4.69, 9.17) is 11.6 Å². The molecule has 2 atom stereocenters. The maximum atomic E-state index is 12.2. The van der Waals surface area contributed by atoms with Gasteiger partial charge in [0.25, 0.3) is 0 Å². The maximum Gasteiger partial charge on any atom is 0.308 e. The van der Waals surface area contributed by atoms with Gasteiger partial charge in [-0.2, -0.15) is 0 Å². The Bertz CT molecular complexity index is 564. The molecule has 1 fully saturated rings. The zero-order valence-electron chi connectivity index (χ0n) is 11.7. The van der Waals surface area contributed by atoms with Crippen molar-refractivity contribution in [1.29, 1.82) is 0 Å². The van der Waals surface area contributed by atoms with Crippen molar-refractivity contribution >= 4 is 39.4 Å². The molecular weight excluding hydrogens is 358 g/mol. The number of carboxylic acids is 1. The van der Waals surface area contributed by atoms with E-state index >= 15 is 0 Å². The molecule has 1 aliphatic heterocycles. The third-order valence-electron chi connectivity index (χ3n) is 3.77. The van der Waals surface area contributed by atoms with Gasteiger partial charge in [-0.25, -0.2) is 0 Å². The van der Waals surface area contributed by atoms with Gasteiger partial charge in [0.2, 0.25) is 5.91 Å². The highest BCUT2D eigenvalue weighted by Crippen LogP contribution is 2.38. The van der Waals surface area contributed by atoms with E-state index in [-0.39, 0.29) is 12.3 Å². The minimum Gasteiger partial charge on any atom is -0.481 e. The predicted molar refractivity (Wildman–Crippen MR) is 84.3 cm³/mol. The van der Waals surface area contributed by atoms with Gasteiger partial charge in [0.15, 0.2) is 0 Å². The number of halogens is 2. The highest BCUT2D eigenvalue weighted by atomic mass is 79.9. The number of hydrogen-bond donors (Lipinski definition) is 1. The molecule has 4 nitrogen and oxygen atoms in total. The van der Waals surface area contributed by atoms with E-state index in [2.05, 4.69) is 15.9 Å². The number of likely N-dealkylation sites (tertiary alicyclic amines) is 1. The van der Waals surface area contributed by atoms with Gasteiger partial charge < -0.3 is 10.0 Å². The molecule has 0 saturated carbocycles. The van der Waals surface area contributed by atoms with Crippen LogP contribution in [0.25, 0.3) is 0 Å². The third-order valence-corrected chi connectivity index (χ3v) is 5.01. The number of aliphatic carboxylic acids is 1. The molecule has 0 aliphatic carbocycles. The minimum atomic E-state index is -0.868. The summed E-state index contributed by atoms with van der Waals surface area (Å²) < 4.78 is 0.754. The molecule has 0 spiro atoms. The molecule has 1 aliphatic rings. The molecule has 21 heavy (non-hydrogen) atoms.